The number of methoxy groups -OCH3 is 1. The molecule has 0 aliphatic rings. The molecule has 0 atom stereocenters. The van der Waals surface area contributed by atoms with Crippen LogP contribution < -0.4 is 15.8 Å². The fraction of sp³-hybridized carbons (Fsp3) is 0.143. The highest BCUT2D eigenvalue weighted by atomic mass is 32.1. The maximum absolute atomic E-state index is 12.2. The van der Waals surface area contributed by atoms with Crippen LogP contribution in [0.25, 0.3) is 0 Å². The Labute approximate surface area is 125 Å². The van der Waals surface area contributed by atoms with Gasteiger partial charge < -0.3 is 21.0 Å². The molecule has 110 valence electrons. The Morgan fingerprint density at radius 3 is 2.76 bits per heavy atom. The largest absolute Gasteiger partial charge is 0.495 e. The normalized spacial score (nSPS) is 11.2. The van der Waals surface area contributed by atoms with Gasteiger partial charge in [0.25, 0.3) is 5.91 Å². The van der Waals surface area contributed by atoms with Gasteiger partial charge in [-0.25, -0.2) is 0 Å². The van der Waals surface area contributed by atoms with Crippen LogP contribution in [0.5, 0.6) is 5.75 Å². The van der Waals surface area contributed by atoms with Gasteiger partial charge in [-0.05, 0) is 36.1 Å². The minimum atomic E-state index is -0.205. The zero-order valence-corrected chi connectivity index (χ0v) is 12.4. The summed E-state index contributed by atoms with van der Waals surface area (Å²) in [4.78, 5) is 12.2. The smallest absolute Gasteiger partial charge is 0.256 e. The molecule has 2 rings (SSSR count). The molecule has 0 unspecified atom stereocenters. The van der Waals surface area contributed by atoms with Crippen molar-refractivity contribution in [2.24, 2.45) is 10.9 Å². The summed E-state index contributed by atoms with van der Waals surface area (Å²) >= 11 is 1.47. The van der Waals surface area contributed by atoms with Crippen LogP contribution >= 0.6 is 11.3 Å². The first-order valence-electron chi connectivity index (χ1n) is 6.07. The van der Waals surface area contributed by atoms with E-state index in [-0.39, 0.29) is 11.7 Å². The second-order valence-corrected chi connectivity index (χ2v) is 5.07. The highest BCUT2D eigenvalue weighted by Crippen LogP contribution is 2.26. The highest BCUT2D eigenvalue weighted by molar-refractivity contribution is 7.08. The molecule has 2 aromatic rings. The number of nitrogens with zero attached hydrogens (tertiary/aromatic N) is 1. The van der Waals surface area contributed by atoms with E-state index in [0.29, 0.717) is 22.6 Å². The van der Waals surface area contributed by atoms with E-state index in [2.05, 4.69) is 10.5 Å². The van der Waals surface area contributed by atoms with Gasteiger partial charge in [-0.1, -0.05) is 5.16 Å². The lowest BCUT2D eigenvalue weighted by Crippen LogP contribution is -2.15. The molecule has 0 radical (unpaired) electrons. The highest BCUT2D eigenvalue weighted by Gasteiger charge is 2.13. The van der Waals surface area contributed by atoms with Crippen molar-refractivity contribution in [3.05, 3.63) is 45.6 Å². The summed E-state index contributed by atoms with van der Waals surface area (Å²) in [5.41, 5.74) is 8.09. The molecular weight excluding hydrogens is 290 g/mol. The Hall–Kier alpha value is -2.54. The minimum absolute atomic E-state index is 0.0279. The number of ether oxygens (including phenoxy) is 1. The molecule has 1 heterocycles. The Bertz CT molecular complexity index is 695. The molecule has 0 spiro atoms. The van der Waals surface area contributed by atoms with Crippen LogP contribution in [-0.2, 0) is 0 Å². The van der Waals surface area contributed by atoms with Crippen molar-refractivity contribution < 1.29 is 14.7 Å². The SMILES string of the molecule is COc1cc(/C(N)=N/O)ccc1NC(=O)c1cscc1C. The molecule has 7 heteroatoms. The number of rotatable bonds is 4. The number of oxime groups is 1. The van der Waals surface area contributed by atoms with Crippen molar-refractivity contribution in [2.45, 2.75) is 6.92 Å². The summed E-state index contributed by atoms with van der Waals surface area (Å²) in [7, 11) is 1.48. The van der Waals surface area contributed by atoms with Gasteiger partial charge in [0.05, 0.1) is 18.4 Å². The number of nitrogens with one attached hydrogen (secondary N) is 1. The summed E-state index contributed by atoms with van der Waals surface area (Å²) in [5.74, 6) is 0.198. The average Bonchev–Trinajstić information content (AvgIpc) is 2.93. The fourth-order valence-electron chi connectivity index (χ4n) is 1.79. The molecule has 1 aromatic heterocycles. The number of nitrogens with two attached hydrogens (primary N) is 1. The molecule has 4 N–H and O–H groups in total. The molecule has 0 aliphatic carbocycles. The number of carbonyl (C=O) groups is 1. The summed E-state index contributed by atoms with van der Waals surface area (Å²) in [6.07, 6.45) is 0. The van der Waals surface area contributed by atoms with E-state index in [9.17, 15) is 4.79 Å². The number of thiophene rings is 1. The number of benzene rings is 1. The predicted molar refractivity (Wildman–Crippen MR) is 82.5 cm³/mol. The van der Waals surface area contributed by atoms with Crippen LogP contribution in [0.3, 0.4) is 0 Å². The molecule has 0 bridgehead atoms. The molecule has 0 saturated carbocycles. The lowest BCUT2D eigenvalue weighted by Gasteiger charge is -2.11. The van der Waals surface area contributed by atoms with Crippen LogP contribution in [-0.4, -0.2) is 24.1 Å². The zero-order valence-electron chi connectivity index (χ0n) is 11.6. The van der Waals surface area contributed by atoms with E-state index in [1.165, 1.54) is 18.4 Å². The second kappa shape index (κ2) is 6.27. The molecule has 6 nitrogen and oxygen atoms in total. The third kappa shape index (κ3) is 3.14. The lowest BCUT2D eigenvalue weighted by atomic mass is 10.1. The topological polar surface area (TPSA) is 96.9 Å². The first kappa shape index (κ1) is 14.9. The van der Waals surface area contributed by atoms with Gasteiger partial charge in [-0.15, -0.1) is 0 Å². The third-order valence-corrected chi connectivity index (χ3v) is 3.81. The van der Waals surface area contributed by atoms with Crippen molar-refractivity contribution in [1.29, 1.82) is 0 Å². The second-order valence-electron chi connectivity index (χ2n) is 4.32. The van der Waals surface area contributed by atoms with E-state index in [4.69, 9.17) is 15.7 Å². The van der Waals surface area contributed by atoms with Crippen molar-refractivity contribution in [2.75, 3.05) is 12.4 Å². The Balaban J connectivity index is 2.28. The number of amidine groups is 1. The molecule has 1 aromatic carbocycles. The van der Waals surface area contributed by atoms with Crippen molar-refractivity contribution in [3.8, 4) is 5.75 Å². The summed E-state index contributed by atoms with van der Waals surface area (Å²) < 4.78 is 5.22. The van der Waals surface area contributed by atoms with Gasteiger partial charge in [-0.3, -0.25) is 4.79 Å². The van der Waals surface area contributed by atoms with Crippen LogP contribution in [0.2, 0.25) is 0 Å². The standard InChI is InChI=1S/C14H15N3O3S/c1-8-6-21-7-10(8)14(18)16-11-4-3-9(13(15)17-19)5-12(11)20-2/h3-7,19H,1-2H3,(H2,15,17)(H,16,18). The van der Waals surface area contributed by atoms with E-state index < -0.39 is 0 Å². The van der Waals surface area contributed by atoms with Crippen molar-refractivity contribution >= 4 is 28.8 Å². The quantitative estimate of drug-likeness (QED) is 0.350. The molecular formula is C14H15N3O3S. The summed E-state index contributed by atoms with van der Waals surface area (Å²) in [5, 5.41) is 18.1. The van der Waals surface area contributed by atoms with Gasteiger partial charge >= 0.3 is 0 Å². The van der Waals surface area contributed by atoms with Crippen molar-refractivity contribution in [3.63, 3.8) is 0 Å². The molecule has 0 aliphatic heterocycles. The van der Waals surface area contributed by atoms with Crippen LogP contribution in [0.4, 0.5) is 5.69 Å². The number of hydrogen-bond donors (Lipinski definition) is 3. The minimum Gasteiger partial charge on any atom is -0.495 e. The summed E-state index contributed by atoms with van der Waals surface area (Å²) in [6, 6.07) is 4.87. The van der Waals surface area contributed by atoms with E-state index in [1.54, 1.807) is 23.6 Å². The van der Waals surface area contributed by atoms with Gasteiger partial charge in [0.2, 0.25) is 0 Å². The van der Waals surface area contributed by atoms with Gasteiger partial charge in [0.15, 0.2) is 5.84 Å². The number of anilines is 1. The van der Waals surface area contributed by atoms with Crippen LogP contribution in [0.15, 0.2) is 34.1 Å². The van der Waals surface area contributed by atoms with Crippen molar-refractivity contribution in [1.82, 2.24) is 0 Å². The Morgan fingerprint density at radius 2 is 2.19 bits per heavy atom. The van der Waals surface area contributed by atoms with E-state index >= 15 is 0 Å². The molecule has 21 heavy (non-hydrogen) atoms. The number of hydrogen-bond acceptors (Lipinski definition) is 5. The maximum atomic E-state index is 12.2. The zero-order chi connectivity index (χ0) is 15.4. The van der Waals surface area contributed by atoms with E-state index in [1.807, 2.05) is 12.3 Å². The van der Waals surface area contributed by atoms with Gasteiger partial charge in [-0.2, -0.15) is 11.3 Å². The fourth-order valence-corrected chi connectivity index (χ4v) is 2.62. The number of amides is 1. The monoisotopic (exact) mass is 305 g/mol. The van der Waals surface area contributed by atoms with Gasteiger partial charge in [0.1, 0.15) is 5.75 Å². The Kier molecular flexibility index (Phi) is 4.44. The molecule has 0 saturated heterocycles. The summed E-state index contributed by atoms with van der Waals surface area (Å²) in [6.45, 7) is 1.88. The maximum Gasteiger partial charge on any atom is 0.256 e. The number of aryl methyl sites for hydroxylation is 1. The molecule has 0 fully saturated rings. The first-order chi connectivity index (χ1) is 10.1. The first-order valence-corrected chi connectivity index (χ1v) is 7.01. The predicted octanol–water partition coefficient (Wildman–Crippen LogP) is 2.41. The number of carbonyl (C=O) groups excluding carboxylic acids is 1. The molecule has 1 amide bonds. The van der Waals surface area contributed by atoms with Gasteiger partial charge in [0, 0.05) is 10.9 Å². The third-order valence-electron chi connectivity index (χ3n) is 2.95. The lowest BCUT2D eigenvalue weighted by molar-refractivity contribution is 0.102. The van der Waals surface area contributed by atoms with E-state index in [0.717, 1.165) is 5.56 Å². The van der Waals surface area contributed by atoms with Crippen LogP contribution in [0.1, 0.15) is 21.5 Å². The van der Waals surface area contributed by atoms with Crippen LogP contribution in [0, 0.1) is 6.92 Å². The average molecular weight is 305 g/mol. The Morgan fingerprint density at radius 1 is 1.43 bits per heavy atom.